The zero-order valence-electron chi connectivity index (χ0n) is 44.9. The quantitative estimate of drug-likeness (QED) is 0.0193. The Kier molecular flexibility index (Phi) is 45.0. The van der Waals surface area contributed by atoms with Crippen molar-refractivity contribution in [1.82, 2.24) is 5.32 Å². The summed E-state index contributed by atoms with van der Waals surface area (Å²) in [5.41, 5.74) is 0. The maximum absolute atomic E-state index is 13.1. The number of rotatable bonds is 51. The molecule has 13 heteroatoms. The van der Waals surface area contributed by atoms with Crippen LogP contribution in [-0.2, 0) is 28.9 Å². The van der Waals surface area contributed by atoms with E-state index in [0.29, 0.717) is 6.42 Å². The predicted octanol–water partition coefficient (Wildman–Crippen LogP) is 13.6. The molecule has 0 radical (unpaired) electrons. The van der Waals surface area contributed by atoms with Crippen LogP contribution in [0.5, 0.6) is 0 Å². The van der Waals surface area contributed by atoms with Gasteiger partial charge in [0.2, 0.25) is 5.91 Å². The minimum Gasteiger partial charge on any atom is -0.394 e. The number of carbonyl (C=O) groups is 1. The van der Waals surface area contributed by atoms with E-state index in [0.717, 1.165) is 44.9 Å². The zero-order chi connectivity index (χ0) is 51.2. The molecule has 70 heavy (non-hydrogen) atoms. The number of nitrogens with one attached hydrogen (secondary N) is 1. The molecule has 1 aliphatic rings. The van der Waals surface area contributed by atoms with Crippen molar-refractivity contribution in [3.05, 3.63) is 24.3 Å². The molecule has 0 aromatic carbocycles. The van der Waals surface area contributed by atoms with Crippen molar-refractivity contribution in [3.8, 4) is 0 Å². The van der Waals surface area contributed by atoms with Gasteiger partial charge in [0.05, 0.1) is 25.4 Å². The topological polar surface area (TPSA) is 192 Å². The fourth-order valence-electron chi connectivity index (χ4n) is 9.45. The van der Waals surface area contributed by atoms with Gasteiger partial charge in [-0.1, -0.05) is 250 Å². The van der Waals surface area contributed by atoms with Gasteiger partial charge >= 0.3 is 10.4 Å². The van der Waals surface area contributed by atoms with Crippen LogP contribution >= 0.6 is 0 Å². The molecular weight excluding hydrogens is 907 g/mol. The maximum Gasteiger partial charge on any atom is 0.397 e. The van der Waals surface area contributed by atoms with Crippen molar-refractivity contribution in [2.45, 2.75) is 320 Å². The third-order valence-electron chi connectivity index (χ3n) is 14.0. The summed E-state index contributed by atoms with van der Waals surface area (Å²) in [5.74, 6) is -0.263. The van der Waals surface area contributed by atoms with Crippen LogP contribution in [0.15, 0.2) is 24.3 Å². The average molecular weight is 1020 g/mol. The van der Waals surface area contributed by atoms with Gasteiger partial charge in [0.15, 0.2) is 6.29 Å². The molecule has 0 aromatic heterocycles. The van der Waals surface area contributed by atoms with Crippen LogP contribution in [0.4, 0.5) is 0 Å². The molecule has 6 N–H and O–H groups in total. The number of aliphatic hydroxyl groups excluding tert-OH is 4. The average Bonchev–Trinajstić information content (AvgIpc) is 3.33. The summed E-state index contributed by atoms with van der Waals surface area (Å²) in [4.78, 5) is 13.1. The highest BCUT2D eigenvalue weighted by atomic mass is 32.3. The van der Waals surface area contributed by atoms with Crippen LogP contribution < -0.4 is 5.32 Å². The fourth-order valence-corrected chi connectivity index (χ4v) is 9.96. The lowest BCUT2D eigenvalue weighted by molar-refractivity contribution is -0.298. The molecule has 1 fully saturated rings. The highest BCUT2D eigenvalue weighted by Gasteiger charge is 2.48. The first kappa shape index (κ1) is 66.6. The Morgan fingerprint density at radius 2 is 0.914 bits per heavy atom. The smallest absolute Gasteiger partial charge is 0.394 e. The second-order valence-electron chi connectivity index (χ2n) is 20.6. The largest absolute Gasteiger partial charge is 0.397 e. The van der Waals surface area contributed by atoms with Crippen LogP contribution in [0.25, 0.3) is 0 Å². The van der Waals surface area contributed by atoms with E-state index in [-0.39, 0.29) is 18.9 Å². The van der Waals surface area contributed by atoms with Gasteiger partial charge < -0.3 is 35.2 Å². The maximum atomic E-state index is 13.1. The van der Waals surface area contributed by atoms with E-state index in [9.17, 15) is 38.2 Å². The highest BCUT2D eigenvalue weighted by molar-refractivity contribution is 7.80. The lowest BCUT2D eigenvalue weighted by atomic mass is 9.99. The summed E-state index contributed by atoms with van der Waals surface area (Å²) in [6.45, 7) is 3.43. The van der Waals surface area contributed by atoms with Crippen molar-refractivity contribution < 1.29 is 51.8 Å². The van der Waals surface area contributed by atoms with Gasteiger partial charge in [-0.05, 0) is 44.9 Å². The third-order valence-corrected chi connectivity index (χ3v) is 14.4. The predicted molar refractivity (Wildman–Crippen MR) is 287 cm³/mol. The van der Waals surface area contributed by atoms with E-state index in [2.05, 4.69) is 35.5 Å². The first-order valence-electron chi connectivity index (χ1n) is 29.2. The summed E-state index contributed by atoms with van der Waals surface area (Å²) < 4.78 is 47.9. The van der Waals surface area contributed by atoms with Crippen LogP contribution in [-0.4, -0.2) is 95.4 Å². The summed E-state index contributed by atoms with van der Waals surface area (Å²) >= 11 is 0. The Morgan fingerprint density at radius 1 is 0.557 bits per heavy atom. The zero-order valence-corrected chi connectivity index (χ0v) is 45.7. The molecule has 12 nitrogen and oxygen atoms in total. The number of unbranched alkanes of at least 4 members (excludes halogenated alkanes) is 37. The monoisotopic (exact) mass is 1020 g/mol. The number of carbonyl (C=O) groups excluding carboxylic acids is 1. The van der Waals surface area contributed by atoms with Gasteiger partial charge in [-0.25, -0.2) is 4.18 Å². The SMILES string of the molecule is CCCCCCCCCCCCC/C=C\CCCCCCCCCC(=O)NC(COC1OC(CO)C(O)C(OS(=O)(=O)O)C1O)C(O)/C=C/CCCCCCCCCCCCCCCCCCCCC. The minimum absolute atomic E-state index is 0.263. The number of hydrogen-bond donors (Lipinski definition) is 6. The standard InChI is InChI=1S/C57H109NO11S/c1-3-5-7-9-11-13-15-17-19-21-23-25-27-29-31-33-35-37-39-41-43-45-47-53(61)58-50(49-67-57-55(63)56(69-70(64,65)66)54(62)52(48-59)68-57)51(60)46-44-42-40-38-36-34-32-30-28-26-24-22-20-18-16-14-12-10-8-6-4-2/h27,29,44,46,50-52,54-57,59-60,62-63H,3-26,28,30-43,45,47-49H2,1-2H3,(H,58,61)(H,64,65,66)/b29-27-,46-44+. The second kappa shape index (κ2) is 47.3. The fraction of sp³-hybridized carbons (Fsp3) is 0.912. The molecule has 414 valence electrons. The van der Waals surface area contributed by atoms with E-state index in [1.165, 1.54) is 205 Å². The molecule has 7 atom stereocenters. The molecule has 1 saturated heterocycles. The Balaban J connectivity index is 2.38. The van der Waals surface area contributed by atoms with Gasteiger partial charge in [-0.15, -0.1) is 0 Å². The van der Waals surface area contributed by atoms with Gasteiger partial charge in [0.25, 0.3) is 0 Å². The molecule has 0 aliphatic carbocycles. The minimum atomic E-state index is -5.09. The summed E-state index contributed by atoms with van der Waals surface area (Å²) in [7, 11) is -5.09. The highest BCUT2D eigenvalue weighted by Crippen LogP contribution is 2.26. The lowest BCUT2D eigenvalue weighted by Crippen LogP contribution is -2.61. The van der Waals surface area contributed by atoms with Gasteiger partial charge in [-0.3, -0.25) is 9.35 Å². The van der Waals surface area contributed by atoms with Gasteiger partial charge in [0.1, 0.15) is 24.4 Å². The second-order valence-corrected chi connectivity index (χ2v) is 21.6. The number of hydrogen-bond acceptors (Lipinski definition) is 10. The Labute approximate surface area is 429 Å². The van der Waals surface area contributed by atoms with Crippen molar-refractivity contribution >= 4 is 16.3 Å². The van der Waals surface area contributed by atoms with Gasteiger partial charge in [-0.2, -0.15) is 8.42 Å². The molecule has 0 aromatic rings. The Morgan fingerprint density at radius 3 is 1.29 bits per heavy atom. The molecule has 1 amide bonds. The van der Waals surface area contributed by atoms with Gasteiger partial charge in [0, 0.05) is 6.42 Å². The molecule has 0 saturated carbocycles. The third kappa shape index (κ3) is 39.1. The summed E-state index contributed by atoms with van der Waals surface area (Å²) in [6.07, 6.45) is 49.3. The van der Waals surface area contributed by atoms with Crippen LogP contribution in [0.1, 0.15) is 277 Å². The first-order valence-corrected chi connectivity index (χ1v) is 30.6. The van der Waals surface area contributed by atoms with E-state index in [1.54, 1.807) is 6.08 Å². The van der Waals surface area contributed by atoms with E-state index in [4.69, 9.17) is 9.47 Å². The molecule has 0 spiro atoms. The van der Waals surface area contributed by atoms with E-state index in [1.807, 2.05) is 6.08 Å². The number of amides is 1. The molecule has 7 unspecified atom stereocenters. The van der Waals surface area contributed by atoms with E-state index < -0.39 is 59.9 Å². The van der Waals surface area contributed by atoms with Crippen LogP contribution in [0.3, 0.4) is 0 Å². The molecular formula is C57H109NO11S. The summed E-state index contributed by atoms with van der Waals surface area (Å²) in [5, 5.41) is 45.0. The van der Waals surface area contributed by atoms with Crippen molar-refractivity contribution in [2.75, 3.05) is 13.2 Å². The number of ether oxygens (including phenoxy) is 2. The molecule has 1 heterocycles. The normalized spacial score (nSPS) is 19.7. The van der Waals surface area contributed by atoms with Crippen molar-refractivity contribution in [2.24, 2.45) is 0 Å². The molecule has 1 rings (SSSR count). The van der Waals surface area contributed by atoms with Crippen LogP contribution in [0, 0.1) is 0 Å². The Hall–Kier alpha value is -1.42. The first-order chi connectivity index (χ1) is 34.0. The molecule has 1 aliphatic heterocycles. The van der Waals surface area contributed by atoms with Crippen molar-refractivity contribution in [3.63, 3.8) is 0 Å². The molecule has 0 bridgehead atoms. The van der Waals surface area contributed by atoms with Crippen molar-refractivity contribution in [1.29, 1.82) is 0 Å². The number of allylic oxidation sites excluding steroid dienone is 3. The Bertz CT molecular complexity index is 1330. The van der Waals surface area contributed by atoms with E-state index >= 15 is 0 Å². The number of aliphatic hydroxyl groups is 4. The lowest BCUT2D eigenvalue weighted by Gasteiger charge is -2.41. The van der Waals surface area contributed by atoms with Crippen LogP contribution in [0.2, 0.25) is 0 Å². The summed E-state index contributed by atoms with van der Waals surface area (Å²) in [6, 6.07) is -0.946.